The van der Waals surface area contributed by atoms with Crippen LogP contribution in [0, 0.1) is 0 Å². The Balaban J connectivity index is 1.85. The largest absolute Gasteiger partial charge is 0.483 e. The summed E-state index contributed by atoms with van der Waals surface area (Å²) in [4.78, 5) is 27.5. The number of hydrogen-bond acceptors (Lipinski definition) is 3. The maximum absolute atomic E-state index is 13.3. The SMILES string of the molecule is CCNC(=O)[C@@H](CC)N(Cc1ccc(Cl)cc1Cl)C(=O)COc1ccc2ccccc2c1Br. The quantitative estimate of drug-likeness (QED) is 0.343. The average molecular weight is 552 g/mol. The molecule has 0 saturated carbocycles. The lowest BCUT2D eigenvalue weighted by Gasteiger charge is -2.30. The zero-order valence-electron chi connectivity index (χ0n) is 18.4. The first-order valence-corrected chi connectivity index (χ1v) is 12.2. The Labute approximate surface area is 212 Å². The molecule has 3 aromatic rings. The van der Waals surface area contributed by atoms with Crippen LogP contribution < -0.4 is 10.1 Å². The molecule has 0 aliphatic rings. The van der Waals surface area contributed by atoms with Crippen LogP contribution in [0.4, 0.5) is 0 Å². The van der Waals surface area contributed by atoms with E-state index in [9.17, 15) is 9.59 Å². The van der Waals surface area contributed by atoms with Gasteiger partial charge in [-0.05, 0) is 63.8 Å². The Bertz CT molecular complexity index is 1160. The normalized spacial score (nSPS) is 11.8. The minimum atomic E-state index is -0.659. The number of nitrogens with zero attached hydrogens (tertiary/aromatic N) is 1. The molecule has 0 aliphatic heterocycles. The van der Waals surface area contributed by atoms with Crippen molar-refractivity contribution >= 4 is 61.7 Å². The zero-order valence-corrected chi connectivity index (χ0v) is 21.5. The molecule has 0 bridgehead atoms. The first-order chi connectivity index (χ1) is 15.8. The number of ether oxygens (including phenoxy) is 1. The van der Waals surface area contributed by atoms with Crippen LogP contribution in [-0.4, -0.2) is 35.9 Å². The second-order valence-corrected chi connectivity index (χ2v) is 9.10. The molecule has 5 nitrogen and oxygen atoms in total. The van der Waals surface area contributed by atoms with Crippen LogP contribution in [0.5, 0.6) is 5.75 Å². The van der Waals surface area contributed by atoms with Gasteiger partial charge in [0.25, 0.3) is 5.91 Å². The van der Waals surface area contributed by atoms with Crippen LogP contribution in [0.3, 0.4) is 0 Å². The van der Waals surface area contributed by atoms with E-state index in [4.69, 9.17) is 27.9 Å². The molecular weight excluding hydrogens is 527 g/mol. The van der Waals surface area contributed by atoms with Crippen LogP contribution in [-0.2, 0) is 16.1 Å². The summed E-state index contributed by atoms with van der Waals surface area (Å²) in [6.45, 7) is 4.11. The van der Waals surface area contributed by atoms with Crippen LogP contribution in [0.1, 0.15) is 25.8 Å². The third-order valence-electron chi connectivity index (χ3n) is 5.27. The van der Waals surface area contributed by atoms with Crippen LogP contribution in [0.25, 0.3) is 10.8 Å². The summed E-state index contributed by atoms with van der Waals surface area (Å²) in [7, 11) is 0. The van der Waals surface area contributed by atoms with Gasteiger partial charge in [0.15, 0.2) is 6.61 Å². The number of amides is 2. The summed E-state index contributed by atoms with van der Waals surface area (Å²) >= 11 is 16.0. The predicted octanol–water partition coefficient (Wildman–Crippen LogP) is 6.23. The van der Waals surface area contributed by atoms with Crippen molar-refractivity contribution in [1.82, 2.24) is 10.2 Å². The molecular formula is C25H25BrCl2N2O3. The molecule has 0 unspecified atom stereocenters. The first kappa shape index (κ1) is 25.3. The molecule has 0 radical (unpaired) electrons. The maximum atomic E-state index is 13.3. The number of halogens is 3. The first-order valence-electron chi connectivity index (χ1n) is 10.7. The average Bonchev–Trinajstić information content (AvgIpc) is 2.80. The number of fused-ring (bicyclic) bond motifs is 1. The number of hydrogen-bond donors (Lipinski definition) is 1. The molecule has 1 atom stereocenters. The van der Waals surface area contributed by atoms with E-state index < -0.39 is 6.04 Å². The molecule has 0 spiro atoms. The Morgan fingerprint density at radius 2 is 1.85 bits per heavy atom. The number of likely N-dealkylation sites (N-methyl/N-ethyl adjacent to an activating group) is 1. The van der Waals surface area contributed by atoms with Crippen molar-refractivity contribution in [2.75, 3.05) is 13.2 Å². The third kappa shape index (κ3) is 6.19. The molecule has 3 rings (SSSR count). The number of nitrogens with one attached hydrogen (secondary N) is 1. The van der Waals surface area contributed by atoms with Gasteiger partial charge in [0.1, 0.15) is 11.8 Å². The van der Waals surface area contributed by atoms with Crippen molar-refractivity contribution in [3.63, 3.8) is 0 Å². The highest BCUT2D eigenvalue weighted by Gasteiger charge is 2.29. The van der Waals surface area contributed by atoms with E-state index in [-0.39, 0.29) is 25.0 Å². The predicted molar refractivity (Wildman–Crippen MR) is 137 cm³/mol. The Hall–Kier alpha value is -2.28. The highest BCUT2D eigenvalue weighted by atomic mass is 79.9. The van der Waals surface area contributed by atoms with Gasteiger partial charge in [0, 0.05) is 23.1 Å². The Morgan fingerprint density at radius 3 is 2.55 bits per heavy atom. The van der Waals surface area contributed by atoms with Crippen molar-refractivity contribution in [3.05, 3.63) is 74.7 Å². The lowest BCUT2D eigenvalue weighted by Crippen LogP contribution is -2.50. The van der Waals surface area contributed by atoms with Gasteiger partial charge >= 0.3 is 0 Å². The smallest absolute Gasteiger partial charge is 0.261 e. The molecule has 1 N–H and O–H groups in total. The minimum absolute atomic E-state index is 0.159. The second-order valence-electron chi connectivity index (χ2n) is 7.46. The molecule has 3 aromatic carbocycles. The lowest BCUT2D eigenvalue weighted by atomic mass is 10.1. The van der Waals surface area contributed by atoms with E-state index in [1.54, 1.807) is 18.2 Å². The molecule has 0 aromatic heterocycles. The van der Waals surface area contributed by atoms with Crippen molar-refractivity contribution in [3.8, 4) is 5.75 Å². The molecule has 0 aliphatic carbocycles. The van der Waals surface area contributed by atoms with E-state index in [1.807, 2.05) is 50.2 Å². The molecule has 0 saturated heterocycles. The molecule has 0 heterocycles. The number of rotatable bonds is 9. The van der Waals surface area contributed by atoms with Crippen molar-refractivity contribution in [2.24, 2.45) is 0 Å². The fraction of sp³-hybridized carbons (Fsp3) is 0.280. The van der Waals surface area contributed by atoms with Gasteiger partial charge in [-0.1, -0.05) is 66.5 Å². The number of benzene rings is 3. The fourth-order valence-corrected chi connectivity index (χ4v) is 4.67. The molecule has 0 fully saturated rings. The van der Waals surface area contributed by atoms with E-state index in [0.29, 0.717) is 34.3 Å². The fourth-order valence-electron chi connectivity index (χ4n) is 3.59. The van der Waals surface area contributed by atoms with Gasteiger partial charge in [-0.3, -0.25) is 9.59 Å². The van der Waals surface area contributed by atoms with Crippen molar-refractivity contribution in [2.45, 2.75) is 32.9 Å². The summed E-state index contributed by atoms with van der Waals surface area (Å²) in [5.41, 5.74) is 0.698. The van der Waals surface area contributed by atoms with Gasteiger partial charge in [0.05, 0.1) is 4.47 Å². The summed E-state index contributed by atoms with van der Waals surface area (Å²) in [5.74, 6) is 0.0158. The summed E-state index contributed by atoms with van der Waals surface area (Å²) < 4.78 is 6.66. The summed E-state index contributed by atoms with van der Waals surface area (Å²) in [5, 5.41) is 5.79. The van der Waals surface area contributed by atoms with Crippen LogP contribution >= 0.6 is 39.1 Å². The maximum Gasteiger partial charge on any atom is 0.261 e. The molecule has 174 valence electrons. The van der Waals surface area contributed by atoms with Crippen LogP contribution in [0.2, 0.25) is 10.0 Å². The van der Waals surface area contributed by atoms with Gasteiger partial charge in [-0.2, -0.15) is 0 Å². The van der Waals surface area contributed by atoms with Crippen LogP contribution in [0.15, 0.2) is 59.1 Å². The van der Waals surface area contributed by atoms with E-state index in [1.165, 1.54) is 4.90 Å². The van der Waals surface area contributed by atoms with Crippen molar-refractivity contribution < 1.29 is 14.3 Å². The second kappa shape index (κ2) is 11.7. The number of carbonyl (C=O) groups excluding carboxylic acids is 2. The summed E-state index contributed by atoms with van der Waals surface area (Å²) in [6.07, 6.45) is 0.447. The van der Waals surface area contributed by atoms with Crippen molar-refractivity contribution in [1.29, 1.82) is 0 Å². The lowest BCUT2D eigenvalue weighted by molar-refractivity contribution is -0.142. The monoisotopic (exact) mass is 550 g/mol. The minimum Gasteiger partial charge on any atom is -0.483 e. The third-order valence-corrected chi connectivity index (χ3v) is 6.68. The molecule has 33 heavy (non-hydrogen) atoms. The highest BCUT2D eigenvalue weighted by molar-refractivity contribution is 9.10. The van der Waals surface area contributed by atoms with Gasteiger partial charge in [-0.25, -0.2) is 0 Å². The van der Waals surface area contributed by atoms with E-state index >= 15 is 0 Å². The van der Waals surface area contributed by atoms with E-state index in [0.717, 1.165) is 15.2 Å². The van der Waals surface area contributed by atoms with E-state index in [2.05, 4.69) is 21.2 Å². The Kier molecular flexibility index (Phi) is 9.01. The number of carbonyl (C=O) groups is 2. The summed E-state index contributed by atoms with van der Waals surface area (Å²) in [6, 6.07) is 16.1. The highest BCUT2D eigenvalue weighted by Crippen LogP contribution is 2.33. The Morgan fingerprint density at radius 1 is 1.09 bits per heavy atom. The molecule has 8 heteroatoms. The standard InChI is InChI=1S/C25H25BrCl2N2O3/c1-3-21(25(32)29-4-2)30(14-17-9-11-18(27)13-20(17)28)23(31)15-33-22-12-10-16-7-5-6-8-19(16)24(22)26/h5-13,21H,3-4,14-15H2,1-2H3,(H,29,32)/t21-/m1/s1. The van der Waals surface area contributed by atoms with Gasteiger partial charge in [0.2, 0.25) is 5.91 Å². The zero-order chi connectivity index (χ0) is 24.0. The topological polar surface area (TPSA) is 58.6 Å². The van der Waals surface area contributed by atoms with Gasteiger partial charge in [-0.15, -0.1) is 0 Å². The molecule has 2 amide bonds. The van der Waals surface area contributed by atoms with Gasteiger partial charge < -0.3 is 15.0 Å².